The lowest BCUT2D eigenvalue weighted by molar-refractivity contribution is -0.121. The maximum atomic E-state index is 12.3. The zero-order chi connectivity index (χ0) is 15.5. The number of para-hydroxylation sites is 1. The van der Waals surface area contributed by atoms with E-state index in [-0.39, 0.29) is 17.9 Å². The van der Waals surface area contributed by atoms with Crippen LogP contribution in [-0.2, 0) is 4.79 Å². The molecule has 0 radical (unpaired) electrons. The van der Waals surface area contributed by atoms with Crippen molar-refractivity contribution in [2.24, 2.45) is 5.92 Å². The molecule has 1 heterocycles. The summed E-state index contributed by atoms with van der Waals surface area (Å²) in [5.74, 6) is 0.00577. The molecule has 6 heteroatoms. The van der Waals surface area contributed by atoms with Gasteiger partial charge in [-0.25, -0.2) is 4.79 Å². The molecule has 0 aromatic heterocycles. The maximum absolute atomic E-state index is 12.3. The largest absolute Gasteiger partial charge is 0.335 e. The van der Waals surface area contributed by atoms with Crippen molar-refractivity contribution in [1.29, 1.82) is 0 Å². The van der Waals surface area contributed by atoms with Crippen LogP contribution in [0.1, 0.15) is 25.7 Å². The van der Waals surface area contributed by atoms with E-state index in [0.717, 1.165) is 23.0 Å². The minimum atomic E-state index is -0.0305. The lowest BCUT2D eigenvalue weighted by atomic mass is 9.96. The molecule has 0 atom stereocenters. The number of likely N-dealkylation sites (tertiary alicyclic amines) is 1. The Bertz CT molecular complexity index is 566. The van der Waals surface area contributed by atoms with Crippen LogP contribution in [0.25, 0.3) is 0 Å². The van der Waals surface area contributed by atoms with Gasteiger partial charge in [0.1, 0.15) is 0 Å². The van der Waals surface area contributed by atoms with Gasteiger partial charge in [0.15, 0.2) is 0 Å². The second kappa shape index (κ2) is 6.69. The number of carbonyl (C=O) groups is 2. The summed E-state index contributed by atoms with van der Waals surface area (Å²) in [7, 11) is 0. The van der Waals surface area contributed by atoms with Gasteiger partial charge in [-0.3, -0.25) is 4.79 Å². The number of benzene rings is 1. The zero-order valence-electron chi connectivity index (χ0n) is 12.3. The maximum Gasteiger partial charge on any atom is 0.317 e. The van der Waals surface area contributed by atoms with E-state index in [1.54, 1.807) is 0 Å². The monoisotopic (exact) mass is 365 g/mol. The molecule has 0 spiro atoms. The van der Waals surface area contributed by atoms with Gasteiger partial charge in [-0.1, -0.05) is 12.1 Å². The van der Waals surface area contributed by atoms with Gasteiger partial charge >= 0.3 is 6.03 Å². The first-order chi connectivity index (χ1) is 10.6. The highest BCUT2D eigenvalue weighted by atomic mass is 79.9. The molecule has 1 aliphatic heterocycles. The highest BCUT2D eigenvalue weighted by molar-refractivity contribution is 9.10. The van der Waals surface area contributed by atoms with Crippen molar-refractivity contribution >= 4 is 33.6 Å². The minimum Gasteiger partial charge on any atom is -0.335 e. The molecule has 2 N–H and O–H groups in total. The number of nitrogens with one attached hydrogen (secondary N) is 2. The van der Waals surface area contributed by atoms with Crippen LogP contribution in [-0.4, -0.2) is 36.0 Å². The van der Waals surface area contributed by atoms with Crippen LogP contribution in [0.15, 0.2) is 28.7 Å². The van der Waals surface area contributed by atoms with E-state index in [9.17, 15) is 9.59 Å². The number of nitrogens with zero attached hydrogens (tertiary/aromatic N) is 1. The lowest BCUT2D eigenvalue weighted by Crippen LogP contribution is -2.46. The molecule has 0 unspecified atom stereocenters. The SMILES string of the molecule is O=C(Nc1ccccc1Br)C1CCN(C(=O)NC2CC2)CC1. The van der Waals surface area contributed by atoms with Crippen molar-refractivity contribution in [3.63, 3.8) is 0 Å². The molecular weight excluding hydrogens is 346 g/mol. The van der Waals surface area contributed by atoms with Crippen LogP contribution >= 0.6 is 15.9 Å². The predicted octanol–water partition coefficient (Wildman–Crippen LogP) is 2.97. The smallest absolute Gasteiger partial charge is 0.317 e. The van der Waals surface area contributed by atoms with E-state index in [1.165, 1.54) is 0 Å². The van der Waals surface area contributed by atoms with Crippen molar-refractivity contribution in [1.82, 2.24) is 10.2 Å². The molecule has 0 bridgehead atoms. The third kappa shape index (κ3) is 3.80. The average Bonchev–Trinajstić information content (AvgIpc) is 3.33. The summed E-state index contributed by atoms with van der Waals surface area (Å²) in [5, 5.41) is 5.96. The number of piperidine rings is 1. The van der Waals surface area contributed by atoms with Crippen LogP contribution in [0.4, 0.5) is 10.5 Å². The molecule has 1 saturated carbocycles. The van der Waals surface area contributed by atoms with Crippen molar-refractivity contribution in [3.8, 4) is 0 Å². The van der Waals surface area contributed by atoms with E-state index >= 15 is 0 Å². The fraction of sp³-hybridized carbons (Fsp3) is 0.500. The van der Waals surface area contributed by atoms with Gasteiger partial charge in [-0.15, -0.1) is 0 Å². The first-order valence-corrected chi connectivity index (χ1v) is 8.53. The number of hydrogen-bond donors (Lipinski definition) is 2. The summed E-state index contributed by atoms with van der Waals surface area (Å²) in [6, 6.07) is 7.99. The number of rotatable bonds is 3. The average molecular weight is 366 g/mol. The minimum absolute atomic E-state index is 0.0205. The number of amides is 3. The Hall–Kier alpha value is -1.56. The van der Waals surface area contributed by atoms with Crippen LogP contribution in [0, 0.1) is 5.92 Å². The quantitative estimate of drug-likeness (QED) is 0.864. The molecule has 1 aromatic carbocycles. The molecule has 5 nitrogen and oxygen atoms in total. The second-order valence-electron chi connectivity index (χ2n) is 5.95. The Morgan fingerprint density at radius 1 is 1.09 bits per heavy atom. The number of urea groups is 1. The summed E-state index contributed by atoms with van der Waals surface area (Å²) in [6.45, 7) is 1.29. The van der Waals surface area contributed by atoms with Crippen molar-refractivity contribution in [2.75, 3.05) is 18.4 Å². The molecule has 118 valence electrons. The number of carbonyl (C=O) groups excluding carboxylic acids is 2. The molecule has 1 aromatic rings. The molecule has 1 aliphatic carbocycles. The Labute approximate surface area is 138 Å². The molecule has 1 saturated heterocycles. The lowest BCUT2D eigenvalue weighted by Gasteiger charge is -2.31. The number of hydrogen-bond acceptors (Lipinski definition) is 2. The Morgan fingerprint density at radius 3 is 2.41 bits per heavy atom. The van der Waals surface area contributed by atoms with Gasteiger partial charge in [0.2, 0.25) is 5.91 Å². The highest BCUT2D eigenvalue weighted by Gasteiger charge is 2.30. The van der Waals surface area contributed by atoms with E-state index < -0.39 is 0 Å². The molecule has 2 aliphatic rings. The van der Waals surface area contributed by atoms with Crippen molar-refractivity contribution < 1.29 is 9.59 Å². The highest BCUT2D eigenvalue weighted by Crippen LogP contribution is 2.25. The van der Waals surface area contributed by atoms with Gasteiger partial charge in [0, 0.05) is 29.5 Å². The summed E-state index contributed by atoms with van der Waals surface area (Å²) in [6.07, 6.45) is 3.62. The van der Waals surface area contributed by atoms with Crippen LogP contribution < -0.4 is 10.6 Å². The Balaban J connectivity index is 1.49. The van der Waals surface area contributed by atoms with Crippen LogP contribution in [0.3, 0.4) is 0 Å². The van der Waals surface area contributed by atoms with Crippen molar-refractivity contribution in [3.05, 3.63) is 28.7 Å². The Morgan fingerprint density at radius 2 is 1.77 bits per heavy atom. The normalized spacial score (nSPS) is 18.9. The Kier molecular flexibility index (Phi) is 4.66. The van der Waals surface area contributed by atoms with E-state index in [1.807, 2.05) is 29.2 Å². The van der Waals surface area contributed by atoms with Crippen LogP contribution in [0.2, 0.25) is 0 Å². The molecule has 2 fully saturated rings. The zero-order valence-corrected chi connectivity index (χ0v) is 13.9. The van der Waals surface area contributed by atoms with Gasteiger partial charge < -0.3 is 15.5 Å². The van der Waals surface area contributed by atoms with Gasteiger partial charge in [0.05, 0.1) is 5.69 Å². The molecule has 3 rings (SSSR count). The standard InChI is InChI=1S/C16H20BrN3O2/c17-13-3-1-2-4-14(13)19-15(21)11-7-9-20(10-8-11)16(22)18-12-5-6-12/h1-4,11-12H,5-10H2,(H,18,22)(H,19,21). The summed E-state index contributed by atoms with van der Waals surface area (Å²) in [4.78, 5) is 26.1. The van der Waals surface area contributed by atoms with Gasteiger partial charge in [-0.2, -0.15) is 0 Å². The summed E-state index contributed by atoms with van der Waals surface area (Å²) < 4.78 is 0.879. The van der Waals surface area contributed by atoms with Gasteiger partial charge in [0.25, 0.3) is 0 Å². The topological polar surface area (TPSA) is 61.4 Å². The summed E-state index contributed by atoms with van der Waals surface area (Å²) in [5.41, 5.74) is 0.793. The van der Waals surface area contributed by atoms with E-state index in [4.69, 9.17) is 0 Å². The van der Waals surface area contributed by atoms with E-state index in [2.05, 4.69) is 26.6 Å². The molecular formula is C16H20BrN3O2. The predicted molar refractivity (Wildman–Crippen MR) is 88.6 cm³/mol. The number of anilines is 1. The molecule has 3 amide bonds. The number of halogens is 1. The third-order valence-corrected chi connectivity index (χ3v) is 4.88. The molecule has 22 heavy (non-hydrogen) atoms. The van der Waals surface area contributed by atoms with Crippen molar-refractivity contribution in [2.45, 2.75) is 31.7 Å². The van der Waals surface area contributed by atoms with Crippen LogP contribution in [0.5, 0.6) is 0 Å². The fourth-order valence-electron chi connectivity index (χ4n) is 2.64. The first kappa shape index (κ1) is 15.3. The summed E-state index contributed by atoms with van der Waals surface area (Å²) >= 11 is 3.43. The van der Waals surface area contributed by atoms with Gasteiger partial charge in [-0.05, 0) is 53.7 Å². The fourth-order valence-corrected chi connectivity index (χ4v) is 3.02. The second-order valence-corrected chi connectivity index (χ2v) is 6.81. The first-order valence-electron chi connectivity index (χ1n) is 7.74. The van der Waals surface area contributed by atoms with E-state index in [0.29, 0.717) is 32.0 Å². The third-order valence-electron chi connectivity index (χ3n) is 4.19.